The number of H-pyrrole nitrogens is 1. The molecule has 0 bridgehead atoms. The Hall–Kier alpha value is -2.73. The number of fused-ring (bicyclic) bond motifs is 2. The Kier molecular flexibility index (Phi) is 4.78. The number of ether oxygens (including phenoxy) is 3. The summed E-state index contributed by atoms with van der Waals surface area (Å²) in [6.07, 6.45) is 0.676. The van der Waals surface area contributed by atoms with Crippen molar-refractivity contribution < 1.29 is 19.0 Å². The Morgan fingerprint density at radius 3 is 2.67 bits per heavy atom. The first-order valence-corrected chi connectivity index (χ1v) is 8.84. The van der Waals surface area contributed by atoms with Gasteiger partial charge >= 0.3 is 6.09 Å². The zero-order valence-electron chi connectivity index (χ0n) is 16.1. The lowest BCUT2D eigenvalue weighted by atomic mass is 9.67. The van der Waals surface area contributed by atoms with E-state index in [0.717, 1.165) is 11.3 Å². The molecule has 27 heavy (non-hydrogen) atoms. The van der Waals surface area contributed by atoms with Gasteiger partial charge in [0.15, 0.2) is 0 Å². The van der Waals surface area contributed by atoms with Crippen LogP contribution in [0.25, 0.3) is 0 Å². The highest BCUT2D eigenvalue weighted by molar-refractivity contribution is 5.68. The van der Waals surface area contributed by atoms with Gasteiger partial charge in [-0.15, -0.1) is 5.10 Å². The average Bonchev–Trinajstić information content (AvgIpc) is 2.98. The molecule has 1 aromatic heterocycles. The first-order valence-electron chi connectivity index (χ1n) is 8.84. The van der Waals surface area contributed by atoms with E-state index in [1.807, 2.05) is 20.8 Å². The molecule has 3 rings (SSSR count). The lowest BCUT2D eigenvalue weighted by Crippen LogP contribution is -2.49. The number of piperidine rings is 1. The Bertz CT molecular complexity index is 807. The molecule has 0 atom stereocenters. The van der Waals surface area contributed by atoms with Crippen LogP contribution < -0.4 is 10.5 Å². The van der Waals surface area contributed by atoms with Gasteiger partial charge in [0.25, 0.3) is 0 Å². The summed E-state index contributed by atoms with van der Waals surface area (Å²) in [5, 5.41) is 16.9. The summed E-state index contributed by atoms with van der Waals surface area (Å²) in [6.45, 7) is 6.68. The largest absolute Gasteiger partial charge is 0.444 e. The van der Waals surface area contributed by atoms with Crippen LogP contribution in [0.15, 0.2) is 11.5 Å². The molecule has 1 fully saturated rings. The van der Waals surface area contributed by atoms with Gasteiger partial charge in [0.05, 0.1) is 17.9 Å². The monoisotopic (exact) mass is 375 g/mol. The number of likely N-dealkylation sites (tertiary alicyclic amines) is 1. The first-order chi connectivity index (χ1) is 12.7. The van der Waals surface area contributed by atoms with Crippen molar-refractivity contribution in [1.29, 1.82) is 5.26 Å². The molecular formula is C18H25N5O4. The number of aromatic amines is 1. The Balaban J connectivity index is 1.92. The first kappa shape index (κ1) is 19.0. The van der Waals surface area contributed by atoms with E-state index in [1.54, 1.807) is 12.0 Å². The van der Waals surface area contributed by atoms with E-state index in [2.05, 4.69) is 16.3 Å². The van der Waals surface area contributed by atoms with Crippen molar-refractivity contribution in [3.8, 4) is 11.9 Å². The van der Waals surface area contributed by atoms with Gasteiger partial charge in [-0.2, -0.15) is 5.26 Å². The highest BCUT2D eigenvalue weighted by Gasteiger charge is 2.49. The summed E-state index contributed by atoms with van der Waals surface area (Å²) in [6, 6.07) is 2.21. The minimum absolute atomic E-state index is 0.0613. The molecular weight excluding hydrogens is 350 g/mol. The standard InChI is InChI=1S/C18H25N5O4/c1-17(2,3)27-16(24)23-7-5-18(6-8-23)11(9-19)14(20)26-15-13(18)12(10-25-4)21-22-15/h5-8,10,20H2,1-4H3,(H,21,22). The van der Waals surface area contributed by atoms with Crippen LogP contribution in [0.1, 0.15) is 44.9 Å². The molecule has 2 aliphatic rings. The molecule has 9 heteroatoms. The molecule has 1 saturated heterocycles. The number of nitriles is 1. The predicted molar refractivity (Wildman–Crippen MR) is 95.5 cm³/mol. The van der Waals surface area contributed by atoms with Crippen molar-refractivity contribution in [3.63, 3.8) is 0 Å². The van der Waals surface area contributed by atoms with Gasteiger partial charge in [0.1, 0.15) is 17.2 Å². The van der Waals surface area contributed by atoms with E-state index in [9.17, 15) is 10.1 Å². The second kappa shape index (κ2) is 6.78. The van der Waals surface area contributed by atoms with E-state index >= 15 is 0 Å². The third-order valence-electron chi connectivity index (χ3n) is 4.89. The fraction of sp³-hybridized carbons (Fsp3) is 0.611. The number of carbonyl (C=O) groups excluding carboxylic acids is 1. The number of aromatic nitrogens is 2. The van der Waals surface area contributed by atoms with Gasteiger partial charge in [-0.3, -0.25) is 5.10 Å². The maximum absolute atomic E-state index is 12.4. The Morgan fingerprint density at radius 1 is 1.44 bits per heavy atom. The molecule has 3 heterocycles. The van der Waals surface area contributed by atoms with Crippen LogP contribution in [0.4, 0.5) is 4.79 Å². The number of methoxy groups -OCH3 is 1. The second-order valence-electron chi connectivity index (χ2n) is 7.82. The Morgan fingerprint density at radius 2 is 2.11 bits per heavy atom. The summed E-state index contributed by atoms with van der Waals surface area (Å²) in [7, 11) is 1.59. The molecule has 0 radical (unpaired) electrons. The lowest BCUT2D eigenvalue weighted by molar-refractivity contribution is 0.0175. The molecule has 146 valence electrons. The Labute approximate surface area is 158 Å². The quantitative estimate of drug-likeness (QED) is 0.808. The van der Waals surface area contributed by atoms with Crippen molar-refractivity contribution in [2.75, 3.05) is 20.2 Å². The van der Waals surface area contributed by atoms with Gasteiger partial charge in [-0.25, -0.2) is 4.79 Å². The summed E-state index contributed by atoms with van der Waals surface area (Å²) >= 11 is 0. The van der Waals surface area contributed by atoms with Gasteiger partial charge in [0, 0.05) is 25.6 Å². The number of nitrogens with zero attached hydrogens (tertiary/aromatic N) is 3. The molecule has 1 spiro atoms. The molecule has 2 aliphatic heterocycles. The number of hydrogen-bond acceptors (Lipinski definition) is 7. The number of amides is 1. The van der Waals surface area contributed by atoms with Crippen molar-refractivity contribution in [2.45, 2.75) is 51.2 Å². The maximum atomic E-state index is 12.4. The maximum Gasteiger partial charge on any atom is 0.410 e. The normalized spacial score (nSPS) is 18.7. The molecule has 3 N–H and O–H groups in total. The molecule has 1 amide bonds. The SMILES string of the molecule is COCc1[nH]nc2c1C1(CCN(C(=O)OC(C)(C)C)CC1)C(C#N)=C(N)O2. The average molecular weight is 375 g/mol. The summed E-state index contributed by atoms with van der Waals surface area (Å²) in [5.41, 5.74) is 6.71. The van der Waals surface area contributed by atoms with E-state index < -0.39 is 11.0 Å². The van der Waals surface area contributed by atoms with Crippen molar-refractivity contribution in [1.82, 2.24) is 15.1 Å². The minimum Gasteiger partial charge on any atom is -0.444 e. The van der Waals surface area contributed by atoms with Crippen LogP contribution in [0, 0.1) is 11.3 Å². The summed E-state index contributed by atoms with van der Waals surface area (Å²) in [4.78, 5) is 14.1. The van der Waals surface area contributed by atoms with Crippen molar-refractivity contribution in [3.05, 3.63) is 22.7 Å². The van der Waals surface area contributed by atoms with Gasteiger partial charge in [0.2, 0.25) is 11.8 Å². The smallest absolute Gasteiger partial charge is 0.410 e. The number of nitrogens with two attached hydrogens (primary N) is 1. The van der Waals surface area contributed by atoms with Crippen molar-refractivity contribution >= 4 is 6.09 Å². The number of rotatable bonds is 2. The second-order valence-corrected chi connectivity index (χ2v) is 7.82. The third-order valence-corrected chi connectivity index (χ3v) is 4.89. The molecule has 1 aromatic rings. The van der Waals surface area contributed by atoms with Crippen LogP contribution in [-0.4, -0.2) is 47.0 Å². The van der Waals surface area contributed by atoms with Crippen LogP contribution in [0.5, 0.6) is 5.88 Å². The van der Waals surface area contributed by atoms with Crippen molar-refractivity contribution in [2.24, 2.45) is 5.73 Å². The summed E-state index contributed by atoms with van der Waals surface area (Å²) in [5.74, 6) is 0.426. The number of carbonyl (C=O) groups is 1. The van der Waals surface area contributed by atoms with E-state index in [4.69, 9.17) is 19.9 Å². The highest BCUT2D eigenvalue weighted by atomic mass is 16.6. The lowest BCUT2D eigenvalue weighted by Gasteiger charge is -2.43. The van der Waals surface area contributed by atoms with E-state index in [1.165, 1.54) is 0 Å². The fourth-order valence-electron chi connectivity index (χ4n) is 3.75. The highest BCUT2D eigenvalue weighted by Crippen LogP contribution is 2.50. The van der Waals surface area contributed by atoms with E-state index in [0.29, 0.717) is 44.0 Å². The number of allylic oxidation sites excluding steroid dienone is 1. The van der Waals surface area contributed by atoms with Gasteiger partial charge in [-0.1, -0.05) is 0 Å². The van der Waals surface area contributed by atoms with Crippen LogP contribution in [0.3, 0.4) is 0 Å². The molecule has 9 nitrogen and oxygen atoms in total. The minimum atomic E-state index is -0.661. The zero-order valence-corrected chi connectivity index (χ0v) is 16.1. The number of hydrogen-bond donors (Lipinski definition) is 2. The van der Waals surface area contributed by atoms with Crippen LogP contribution in [0.2, 0.25) is 0 Å². The van der Waals surface area contributed by atoms with Crippen LogP contribution in [-0.2, 0) is 21.5 Å². The van der Waals surface area contributed by atoms with E-state index in [-0.39, 0.29) is 12.0 Å². The van der Waals surface area contributed by atoms with Crippen LogP contribution >= 0.6 is 0 Å². The fourth-order valence-corrected chi connectivity index (χ4v) is 3.75. The van der Waals surface area contributed by atoms with Gasteiger partial charge < -0.3 is 24.8 Å². The third kappa shape index (κ3) is 3.32. The topological polar surface area (TPSA) is 126 Å². The molecule has 0 aliphatic carbocycles. The number of nitrogens with one attached hydrogen (secondary N) is 1. The predicted octanol–water partition coefficient (Wildman–Crippen LogP) is 1.91. The van der Waals surface area contributed by atoms with Gasteiger partial charge in [-0.05, 0) is 33.6 Å². The molecule has 0 unspecified atom stereocenters. The zero-order chi connectivity index (χ0) is 19.8. The summed E-state index contributed by atoms with van der Waals surface area (Å²) < 4.78 is 16.3. The molecule has 0 saturated carbocycles. The molecule has 0 aromatic carbocycles.